The zero-order valence-electron chi connectivity index (χ0n) is 10.1. The molecule has 1 heterocycles. The number of hydrogen-bond donors (Lipinski definition) is 0. The SMILES string of the molecule is Cc1ccc(S(=O)(=O)Oc2ccccc2C(F)(F)F)s1. The predicted octanol–water partition coefficient (Wildman–Crippen LogP) is 3.84. The quantitative estimate of drug-likeness (QED) is 0.806. The van der Waals surface area contributed by atoms with E-state index in [0.717, 1.165) is 34.4 Å². The highest BCUT2D eigenvalue weighted by Crippen LogP contribution is 2.37. The van der Waals surface area contributed by atoms with Crippen molar-refractivity contribution in [1.29, 1.82) is 0 Å². The van der Waals surface area contributed by atoms with Crippen LogP contribution in [-0.4, -0.2) is 8.42 Å². The number of hydrogen-bond acceptors (Lipinski definition) is 4. The lowest BCUT2D eigenvalue weighted by Gasteiger charge is -2.12. The average Bonchev–Trinajstić information content (AvgIpc) is 2.75. The normalized spacial score (nSPS) is 12.4. The second-order valence-electron chi connectivity index (χ2n) is 3.90. The minimum atomic E-state index is -4.68. The zero-order valence-corrected chi connectivity index (χ0v) is 11.8. The van der Waals surface area contributed by atoms with E-state index in [1.54, 1.807) is 13.0 Å². The molecule has 0 aliphatic rings. The van der Waals surface area contributed by atoms with Crippen molar-refractivity contribution in [3.63, 3.8) is 0 Å². The smallest absolute Gasteiger partial charge is 0.378 e. The lowest BCUT2D eigenvalue weighted by molar-refractivity contribution is -0.138. The molecule has 1 aromatic carbocycles. The molecule has 0 unspecified atom stereocenters. The van der Waals surface area contributed by atoms with Gasteiger partial charge in [0, 0.05) is 4.88 Å². The third-order valence-electron chi connectivity index (χ3n) is 2.35. The van der Waals surface area contributed by atoms with E-state index in [1.807, 2.05) is 0 Å². The Bertz CT molecular complexity index is 718. The number of halogens is 3. The molecule has 0 amide bonds. The summed E-state index contributed by atoms with van der Waals surface area (Å²) in [7, 11) is -4.26. The molecule has 2 aromatic rings. The van der Waals surface area contributed by atoms with Crippen molar-refractivity contribution >= 4 is 21.5 Å². The molecule has 0 saturated heterocycles. The fourth-order valence-electron chi connectivity index (χ4n) is 1.48. The molecule has 8 heteroatoms. The van der Waals surface area contributed by atoms with E-state index in [2.05, 4.69) is 4.18 Å². The van der Waals surface area contributed by atoms with E-state index < -0.39 is 27.6 Å². The molecule has 108 valence electrons. The van der Waals surface area contributed by atoms with E-state index in [9.17, 15) is 21.6 Å². The van der Waals surface area contributed by atoms with Gasteiger partial charge in [-0.25, -0.2) is 0 Å². The Morgan fingerprint density at radius 1 is 1.10 bits per heavy atom. The number of benzene rings is 1. The average molecular weight is 322 g/mol. The van der Waals surface area contributed by atoms with Crippen molar-refractivity contribution in [2.45, 2.75) is 17.3 Å². The maximum absolute atomic E-state index is 12.8. The zero-order chi connectivity index (χ0) is 15.0. The first kappa shape index (κ1) is 14.9. The van der Waals surface area contributed by atoms with Gasteiger partial charge < -0.3 is 4.18 Å². The molecule has 0 atom stereocenters. The molecule has 0 aliphatic carbocycles. The monoisotopic (exact) mass is 322 g/mol. The van der Waals surface area contributed by atoms with Crippen molar-refractivity contribution < 1.29 is 25.8 Å². The summed E-state index contributed by atoms with van der Waals surface area (Å²) >= 11 is 0.933. The fraction of sp³-hybridized carbons (Fsp3) is 0.167. The van der Waals surface area contributed by atoms with Crippen molar-refractivity contribution in [3.8, 4) is 5.75 Å². The van der Waals surface area contributed by atoms with Gasteiger partial charge in [-0.1, -0.05) is 12.1 Å². The Kier molecular flexibility index (Phi) is 3.79. The first-order valence-electron chi connectivity index (χ1n) is 5.37. The van der Waals surface area contributed by atoms with Crippen LogP contribution < -0.4 is 4.18 Å². The van der Waals surface area contributed by atoms with Crippen molar-refractivity contribution in [3.05, 3.63) is 46.8 Å². The molecule has 0 saturated carbocycles. The maximum Gasteiger partial charge on any atom is 0.420 e. The summed E-state index contributed by atoms with van der Waals surface area (Å²) < 4.78 is 66.6. The van der Waals surface area contributed by atoms with Crippen LogP contribution >= 0.6 is 11.3 Å². The summed E-state index contributed by atoms with van der Waals surface area (Å²) in [6.45, 7) is 1.69. The molecule has 0 spiro atoms. The molecule has 3 nitrogen and oxygen atoms in total. The minimum absolute atomic E-state index is 0.132. The van der Waals surface area contributed by atoms with E-state index in [0.29, 0.717) is 0 Å². The fourth-order valence-corrected chi connectivity index (χ4v) is 3.67. The summed E-state index contributed by atoms with van der Waals surface area (Å²) in [5, 5.41) is 0. The third-order valence-corrected chi connectivity index (χ3v) is 5.04. The summed E-state index contributed by atoms with van der Waals surface area (Å²) in [6, 6.07) is 7.03. The highest BCUT2D eigenvalue weighted by Gasteiger charge is 2.35. The lowest BCUT2D eigenvalue weighted by atomic mass is 10.2. The molecule has 0 radical (unpaired) electrons. The summed E-state index contributed by atoms with van der Waals surface area (Å²) in [6.07, 6.45) is -4.68. The third kappa shape index (κ3) is 3.13. The molecule has 1 aromatic heterocycles. The Labute approximate surface area is 117 Å². The van der Waals surface area contributed by atoms with Gasteiger partial charge in [0.2, 0.25) is 0 Å². The van der Waals surface area contributed by atoms with Crippen LogP contribution in [0.25, 0.3) is 0 Å². The molecule has 2 rings (SSSR count). The van der Waals surface area contributed by atoms with E-state index in [-0.39, 0.29) is 4.21 Å². The van der Waals surface area contributed by atoms with E-state index in [4.69, 9.17) is 0 Å². The molecule has 0 aliphatic heterocycles. The second kappa shape index (κ2) is 5.10. The molecular weight excluding hydrogens is 313 g/mol. The highest BCUT2D eigenvalue weighted by atomic mass is 32.3. The molecule has 0 bridgehead atoms. The van der Waals surface area contributed by atoms with Gasteiger partial charge in [0.25, 0.3) is 0 Å². The summed E-state index contributed by atoms with van der Waals surface area (Å²) in [5.41, 5.74) is -1.13. The van der Waals surface area contributed by atoms with Gasteiger partial charge in [0.1, 0.15) is 0 Å². The first-order valence-corrected chi connectivity index (χ1v) is 7.60. The lowest BCUT2D eigenvalue weighted by Crippen LogP contribution is -2.13. The number of alkyl halides is 3. The van der Waals surface area contributed by atoms with Crippen LogP contribution in [0.3, 0.4) is 0 Å². The van der Waals surface area contributed by atoms with Gasteiger partial charge in [-0.05, 0) is 31.2 Å². The Morgan fingerprint density at radius 3 is 2.30 bits per heavy atom. The Hall–Kier alpha value is -1.54. The maximum atomic E-state index is 12.8. The van der Waals surface area contributed by atoms with Crippen LogP contribution in [0, 0.1) is 6.92 Å². The van der Waals surface area contributed by atoms with Gasteiger partial charge in [0.15, 0.2) is 9.96 Å². The number of thiophene rings is 1. The van der Waals surface area contributed by atoms with Crippen LogP contribution in [0.15, 0.2) is 40.6 Å². The Morgan fingerprint density at radius 2 is 1.75 bits per heavy atom. The molecule has 0 N–H and O–H groups in total. The largest absolute Gasteiger partial charge is 0.420 e. The number of aryl methyl sites for hydroxylation is 1. The molecule has 0 fully saturated rings. The van der Waals surface area contributed by atoms with Crippen molar-refractivity contribution in [1.82, 2.24) is 0 Å². The molecule has 20 heavy (non-hydrogen) atoms. The minimum Gasteiger partial charge on any atom is -0.378 e. The summed E-state index contributed by atoms with van der Waals surface area (Å²) in [4.78, 5) is 0.719. The van der Waals surface area contributed by atoms with Crippen LogP contribution in [0.1, 0.15) is 10.4 Å². The standard InChI is InChI=1S/C12H9F3O3S2/c1-8-6-7-11(19-8)20(16,17)18-10-5-3-2-4-9(10)12(13,14)15/h2-7H,1H3. The van der Waals surface area contributed by atoms with Crippen molar-refractivity contribution in [2.24, 2.45) is 0 Å². The van der Waals surface area contributed by atoms with E-state index in [1.165, 1.54) is 12.1 Å². The van der Waals surface area contributed by atoms with Crippen LogP contribution in [0.2, 0.25) is 0 Å². The predicted molar refractivity (Wildman–Crippen MR) is 68.3 cm³/mol. The van der Waals surface area contributed by atoms with Crippen LogP contribution in [-0.2, 0) is 16.3 Å². The van der Waals surface area contributed by atoms with Gasteiger partial charge in [-0.2, -0.15) is 21.6 Å². The number of para-hydroxylation sites is 1. The Balaban J connectivity index is 2.40. The van der Waals surface area contributed by atoms with Gasteiger partial charge in [-0.3, -0.25) is 0 Å². The van der Waals surface area contributed by atoms with Crippen LogP contribution in [0.5, 0.6) is 5.75 Å². The number of rotatable bonds is 3. The van der Waals surface area contributed by atoms with Gasteiger partial charge in [-0.15, -0.1) is 11.3 Å². The topological polar surface area (TPSA) is 43.4 Å². The van der Waals surface area contributed by atoms with Crippen molar-refractivity contribution in [2.75, 3.05) is 0 Å². The van der Waals surface area contributed by atoms with Crippen LogP contribution in [0.4, 0.5) is 13.2 Å². The van der Waals surface area contributed by atoms with Gasteiger partial charge >= 0.3 is 16.3 Å². The first-order chi connectivity index (χ1) is 9.20. The van der Waals surface area contributed by atoms with Gasteiger partial charge in [0.05, 0.1) is 5.56 Å². The highest BCUT2D eigenvalue weighted by molar-refractivity contribution is 7.89. The van der Waals surface area contributed by atoms with E-state index >= 15 is 0 Å². The summed E-state index contributed by atoms with van der Waals surface area (Å²) in [5.74, 6) is -0.731. The second-order valence-corrected chi connectivity index (χ2v) is 6.96. The molecular formula is C12H9F3O3S2.